The summed E-state index contributed by atoms with van der Waals surface area (Å²) in [6, 6.07) is 0. The normalized spacial score (nSPS) is 10.6. The maximum absolute atomic E-state index is 5.71. The van der Waals surface area contributed by atoms with E-state index in [9.17, 15) is 0 Å². The number of aromatic nitrogens is 4. The number of nitrogens with two attached hydrogens (primary N) is 1. The molecule has 0 radical (unpaired) electrons. The van der Waals surface area contributed by atoms with Gasteiger partial charge in [0.2, 0.25) is 0 Å². The summed E-state index contributed by atoms with van der Waals surface area (Å²) in [6.45, 7) is 3.62. The van der Waals surface area contributed by atoms with Gasteiger partial charge >= 0.3 is 0 Å². The number of aromatic amines is 1. The smallest absolute Gasteiger partial charge is 0.192 e. The van der Waals surface area contributed by atoms with Crippen molar-refractivity contribution in [1.29, 1.82) is 0 Å². The van der Waals surface area contributed by atoms with Crippen LogP contribution in [0.4, 0.5) is 5.82 Å². The van der Waals surface area contributed by atoms with E-state index < -0.39 is 0 Å². The summed E-state index contributed by atoms with van der Waals surface area (Å²) in [6.07, 6.45) is 3.34. The molecule has 0 bridgehead atoms. The molecule has 0 aliphatic carbocycles. The molecule has 0 saturated heterocycles. The molecule has 2 rings (SSSR count). The molecule has 0 aliphatic heterocycles. The van der Waals surface area contributed by atoms with Gasteiger partial charge in [-0.05, 0) is 0 Å². The molecule has 0 fully saturated rings. The first-order valence-corrected chi connectivity index (χ1v) is 5.00. The Morgan fingerprint density at radius 3 is 3.21 bits per heavy atom. The number of nitrogens with one attached hydrogen (secondary N) is 1. The number of hydrogen-bond donors (Lipinski definition) is 2. The summed E-state index contributed by atoms with van der Waals surface area (Å²) in [4.78, 5) is 15.2. The highest BCUT2D eigenvalue weighted by Crippen LogP contribution is 2.19. The van der Waals surface area contributed by atoms with Crippen molar-refractivity contribution in [2.24, 2.45) is 0 Å². The summed E-state index contributed by atoms with van der Waals surface area (Å²) in [7, 11) is 0. The van der Waals surface area contributed by atoms with E-state index in [0.717, 1.165) is 5.75 Å². The van der Waals surface area contributed by atoms with Gasteiger partial charge in [0.25, 0.3) is 0 Å². The Balaban J connectivity index is 2.42. The maximum Gasteiger partial charge on any atom is 0.192 e. The Morgan fingerprint density at radius 2 is 2.43 bits per heavy atom. The number of rotatable bonds is 3. The number of hydrogen-bond acceptors (Lipinski definition) is 5. The van der Waals surface area contributed by atoms with Crippen molar-refractivity contribution in [3.8, 4) is 0 Å². The predicted octanol–water partition coefficient (Wildman–Crippen LogP) is 1.21. The zero-order chi connectivity index (χ0) is 9.97. The molecule has 14 heavy (non-hydrogen) atoms. The standard InChI is InChI=1S/C8H9N5S/c1-2-3-14-8-12-6(9)5-7(13-8)11-4-10-5/h2,4H,1,3H2,(H3,9,10,11,12,13). The third-order valence-corrected chi connectivity index (χ3v) is 2.47. The first-order valence-electron chi connectivity index (χ1n) is 4.01. The molecule has 5 nitrogen and oxygen atoms in total. The minimum atomic E-state index is 0.430. The van der Waals surface area contributed by atoms with Crippen LogP contribution in [0.1, 0.15) is 0 Å². The lowest BCUT2D eigenvalue weighted by Crippen LogP contribution is -1.96. The first-order chi connectivity index (χ1) is 6.81. The van der Waals surface area contributed by atoms with E-state index in [0.29, 0.717) is 22.1 Å². The van der Waals surface area contributed by atoms with Gasteiger partial charge in [-0.15, -0.1) is 6.58 Å². The van der Waals surface area contributed by atoms with Crippen molar-refractivity contribution in [3.63, 3.8) is 0 Å². The highest BCUT2D eigenvalue weighted by atomic mass is 32.2. The molecule has 0 saturated carbocycles. The molecule has 3 N–H and O–H groups in total. The molecule has 0 atom stereocenters. The van der Waals surface area contributed by atoms with Gasteiger partial charge in [0, 0.05) is 5.75 Å². The summed E-state index contributed by atoms with van der Waals surface area (Å²) < 4.78 is 0. The number of imidazole rings is 1. The van der Waals surface area contributed by atoms with Crippen LogP contribution in [-0.4, -0.2) is 25.7 Å². The van der Waals surface area contributed by atoms with Crippen molar-refractivity contribution in [2.75, 3.05) is 11.5 Å². The Morgan fingerprint density at radius 1 is 1.57 bits per heavy atom. The van der Waals surface area contributed by atoms with Crippen LogP contribution < -0.4 is 5.73 Å². The van der Waals surface area contributed by atoms with Crippen LogP contribution in [0.25, 0.3) is 11.2 Å². The highest BCUT2D eigenvalue weighted by Gasteiger charge is 2.06. The summed E-state index contributed by atoms with van der Waals surface area (Å²) >= 11 is 1.48. The molecule has 2 aromatic heterocycles. The van der Waals surface area contributed by atoms with Gasteiger partial charge in [0.1, 0.15) is 5.52 Å². The van der Waals surface area contributed by atoms with E-state index in [1.54, 1.807) is 12.4 Å². The van der Waals surface area contributed by atoms with Crippen LogP contribution in [0.2, 0.25) is 0 Å². The van der Waals surface area contributed by atoms with Gasteiger partial charge in [0.15, 0.2) is 16.6 Å². The number of H-pyrrole nitrogens is 1. The molecule has 0 spiro atoms. The molecule has 0 amide bonds. The van der Waals surface area contributed by atoms with Crippen molar-refractivity contribution in [1.82, 2.24) is 19.9 Å². The Bertz CT molecular complexity index is 464. The van der Waals surface area contributed by atoms with Crippen LogP contribution in [0.5, 0.6) is 0 Å². The first kappa shape index (κ1) is 9.01. The Labute approximate surface area is 84.8 Å². The van der Waals surface area contributed by atoms with Gasteiger partial charge in [-0.25, -0.2) is 15.0 Å². The number of anilines is 1. The Hall–Kier alpha value is -1.56. The monoisotopic (exact) mass is 207 g/mol. The average Bonchev–Trinajstić information content (AvgIpc) is 2.63. The molecule has 0 aliphatic rings. The van der Waals surface area contributed by atoms with Gasteiger partial charge in [-0.2, -0.15) is 0 Å². The van der Waals surface area contributed by atoms with Gasteiger partial charge < -0.3 is 10.7 Å². The zero-order valence-corrected chi connectivity index (χ0v) is 8.21. The quantitative estimate of drug-likeness (QED) is 0.449. The SMILES string of the molecule is C=CCSc1nc(N)c2[nH]cnc2n1. The van der Waals surface area contributed by atoms with E-state index in [4.69, 9.17) is 5.73 Å². The third-order valence-electron chi connectivity index (χ3n) is 1.62. The highest BCUT2D eigenvalue weighted by molar-refractivity contribution is 7.99. The van der Waals surface area contributed by atoms with Gasteiger partial charge in [-0.3, -0.25) is 0 Å². The van der Waals surface area contributed by atoms with Crippen molar-refractivity contribution in [3.05, 3.63) is 19.0 Å². The number of nitrogen functional groups attached to an aromatic ring is 1. The topological polar surface area (TPSA) is 80.5 Å². The molecule has 0 aromatic carbocycles. The molecular formula is C8H9N5S. The van der Waals surface area contributed by atoms with Crippen molar-refractivity contribution < 1.29 is 0 Å². The predicted molar refractivity (Wildman–Crippen MR) is 57.0 cm³/mol. The lowest BCUT2D eigenvalue weighted by molar-refractivity contribution is 1.00. The zero-order valence-electron chi connectivity index (χ0n) is 7.40. The Kier molecular flexibility index (Phi) is 2.36. The van der Waals surface area contributed by atoms with Gasteiger partial charge in [-0.1, -0.05) is 17.8 Å². The second kappa shape index (κ2) is 3.67. The van der Waals surface area contributed by atoms with E-state index in [1.807, 2.05) is 0 Å². The minimum Gasteiger partial charge on any atom is -0.382 e. The summed E-state index contributed by atoms with van der Waals surface area (Å²) in [5, 5.41) is 0.627. The largest absolute Gasteiger partial charge is 0.382 e. The van der Waals surface area contributed by atoms with Crippen LogP contribution in [0, 0.1) is 0 Å². The molecular weight excluding hydrogens is 198 g/mol. The van der Waals surface area contributed by atoms with E-state index in [2.05, 4.69) is 26.5 Å². The van der Waals surface area contributed by atoms with Crippen LogP contribution >= 0.6 is 11.8 Å². The molecule has 2 heterocycles. The molecule has 6 heteroatoms. The van der Waals surface area contributed by atoms with Crippen molar-refractivity contribution >= 4 is 28.7 Å². The fraction of sp³-hybridized carbons (Fsp3) is 0.125. The van der Waals surface area contributed by atoms with Crippen LogP contribution in [-0.2, 0) is 0 Å². The fourth-order valence-electron chi connectivity index (χ4n) is 1.03. The second-order valence-electron chi connectivity index (χ2n) is 2.59. The molecule has 0 unspecified atom stereocenters. The van der Waals surface area contributed by atoms with Crippen LogP contribution in [0.3, 0.4) is 0 Å². The summed E-state index contributed by atoms with van der Waals surface area (Å²) in [5.74, 6) is 1.19. The molecule has 2 aromatic rings. The second-order valence-corrected chi connectivity index (χ2v) is 3.58. The number of fused-ring (bicyclic) bond motifs is 1. The third kappa shape index (κ3) is 1.56. The average molecular weight is 207 g/mol. The van der Waals surface area contributed by atoms with Gasteiger partial charge in [0.05, 0.1) is 6.33 Å². The van der Waals surface area contributed by atoms with E-state index in [1.165, 1.54) is 11.8 Å². The minimum absolute atomic E-state index is 0.430. The maximum atomic E-state index is 5.71. The number of nitrogens with zero attached hydrogens (tertiary/aromatic N) is 3. The van der Waals surface area contributed by atoms with E-state index in [-0.39, 0.29) is 0 Å². The van der Waals surface area contributed by atoms with E-state index >= 15 is 0 Å². The van der Waals surface area contributed by atoms with Crippen molar-refractivity contribution in [2.45, 2.75) is 5.16 Å². The lowest BCUT2D eigenvalue weighted by atomic mass is 10.5. The molecule has 72 valence electrons. The lowest BCUT2D eigenvalue weighted by Gasteiger charge is -1.98. The number of thioether (sulfide) groups is 1. The summed E-state index contributed by atoms with van der Waals surface area (Å²) in [5.41, 5.74) is 7.00. The van der Waals surface area contributed by atoms with Crippen LogP contribution in [0.15, 0.2) is 24.1 Å². The fourth-order valence-corrected chi connectivity index (χ4v) is 1.61.